The summed E-state index contributed by atoms with van der Waals surface area (Å²) < 4.78 is 27.4. The Morgan fingerprint density at radius 3 is 2.82 bits per heavy atom. The molecule has 0 saturated carbocycles. The highest BCUT2D eigenvalue weighted by molar-refractivity contribution is 5.95. The lowest BCUT2D eigenvalue weighted by atomic mass is 10.0. The molecule has 0 aliphatic carbocycles. The summed E-state index contributed by atoms with van der Waals surface area (Å²) in [4.78, 5) is 16.9. The van der Waals surface area contributed by atoms with E-state index in [1.54, 1.807) is 19.2 Å². The van der Waals surface area contributed by atoms with Crippen LogP contribution >= 0.6 is 0 Å². The van der Waals surface area contributed by atoms with E-state index in [0.29, 0.717) is 11.3 Å². The maximum absolute atomic E-state index is 14.0. The van der Waals surface area contributed by atoms with Crippen LogP contribution in [0.4, 0.5) is 8.78 Å². The molecule has 0 radical (unpaired) electrons. The number of nitrogens with zero attached hydrogens (tertiary/aromatic N) is 1. The number of aliphatic hydroxyl groups is 1. The Labute approximate surface area is 126 Å². The van der Waals surface area contributed by atoms with Gasteiger partial charge in [0.15, 0.2) is 0 Å². The zero-order valence-corrected chi connectivity index (χ0v) is 12.0. The molecule has 2 atom stereocenters. The van der Waals surface area contributed by atoms with Crippen LogP contribution in [0.15, 0.2) is 30.5 Å². The van der Waals surface area contributed by atoms with Crippen molar-refractivity contribution in [3.8, 4) is 0 Å². The van der Waals surface area contributed by atoms with E-state index in [1.165, 1.54) is 4.90 Å². The first-order chi connectivity index (χ1) is 10.5. The van der Waals surface area contributed by atoms with Gasteiger partial charge in [-0.3, -0.25) is 4.79 Å². The number of aryl methyl sites for hydroxylation is 1. The first-order valence-corrected chi connectivity index (χ1v) is 7.05. The van der Waals surface area contributed by atoms with Gasteiger partial charge in [-0.15, -0.1) is 0 Å². The molecule has 22 heavy (non-hydrogen) atoms. The van der Waals surface area contributed by atoms with Crippen molar-refractivity contribution in [1.29, 1.82) is 0 Å². The summed E-state index contributed by atoms with van der Waals surface area (Å²) in [7, 11) is 0. The fourth-order valence-electron chi connectivity index (χ4n) is 2.94. The monoisotopic (exact) mass is 306 g/mol. The van der Waals surface area contributed by atoms with Crippen molar-refractivity contribution < 1.29 is 18.7 Å². The molecule has 116 valence electrons. The highest BCUT2D eigenvalue weighted by Crippen LogP contribution is 2.35. The van der Waals surface area contributed by atoms with Gasteiger partial charge in [-0.2, -0.15) is 0 Å². The molecule has 2 N–H and O–H groups in total. The molecule has 0 spiro atoms. The highest BCUT2D eigenvalue weighted by Gasteiger charge is 2.37. The molecule has 1 aliphatic rings. The number of H-pyrrole nitrogens is 1. The number of likely N-dealkylation sites (tertiary alicyclic amines) is 1. The lowest BCUT2D eigenvalue weighted by Gasteiger charge is -2.25. The van der Waals surface area contributed by atoms with Crippen molar-refractivity contribution in [2.24, 2.45) is 0 Å². The minimum absolute atomic E-state index is 0.0955. The van der Waals surface area contributed by atoms with Crippen molar-refractivity contribution >= 4 is 5.91 Å². The molecule has 2 aromatic rings. The number of halogens is 2. The molecule has 6 heteroatoms. The second-order valence-corrected chi connectivity index (χ2v) is 5.55. The largest absolute Gasteiger partial charge is 0.391 e. The summed E-state index contributed by atoms with van der Waals surface area (Å²) in [5, 5.41) is 9.89. The average molecular weight is 306 g/mol. The predicted molar refractivity (Wildman–Crippen MR) is 76.3 cm³/mol. The number of rotatable bonds is 2. The van der Waals surface area contributed by atoms with E-state index in [2.05, 4.69) is 4.98 Å². The van der Waals surface area contributed by atoms with Gasteiger partial charge in [0.2, 0.25) is 0 Å². The van der Waals surface area contributed by atoms with Crippen LogP contribution in [0.2, 0.25) is 0 Å². The van der Waals surface area contributed by atoms with Crippen molar-refractivity contribution in [3.63, 3.8) is 0 Å². The summed E-state index contributed by atoms with van der Waals surface area (Å²) in [6.45, 7) is 1.86. The minimum atomic E-state index is -0.754. The summed E-state index contributed by atoms with van der Waals surface area (Å²) in [6, 6.07) is 4.13. The van der Waals surface area contributed by atoms with E-state index in [0.717, 1.165) is 18.2 Å². The molecule has 0 bridgehead atoms. The Kier molecular flexibility index (Phi) is 3.70. The van der Waals surface area contributed by atoms with Crippen molar-refractivity contribution in [2.45, 2.75) is 25.5 Å². The smallest absolute Gasteiger partial charge is 0.256 e. The molecule has 1 saturated heterocycles. The zero-order chi connectivity index (χ0) is 15.9. The number of β-amino-alcohol motifs (C(OH)–C–C–N with tert-alkyl or cyclic N) is 1. The molecule has 1 aromatic heterocycles. The van der Waals surface area contributed by atoms with Crippen molar-refractivity contribution in [2.75, 3.05) is 6.54 Å². The van der Waals surface area contributed by atoms with E-state index in [1.807, 2.05) is 0 Å². The Balaban J connectivity index is 1.98. The summed E-state index contributed by atoms with van der Waals surface area (Å²) in [6.07, 6.45) is 1.08. The standard InChI is InChI=1S/C16H16F2N2O2/c1-9-12(4-5-19-9)16(22)20-8-11(21)7-15(20)13-6-10(17)2-3-14(13)18/h2-6,11,15,19,21H,7-8H2,1H3/t11-,15-/m0/s1. The van der Waals surface area contributed by atoms with E-state index >= 15 is 0 Å². The second-order valence-electron chi connectivity index (χ2n) is 5.55. The van der Waals surface area contributed by atoms with Crippen LogP contribution in [-0.4, -0.2) is 33.5 Å². The van der Waals surface area contributed by atoms with Crippen LogP contribution in [0.3, 0.4) is 0 Å². The van der Waals surface area contributed by atoms with Crippen LogP contribution in [-0.2, 0) is 0 Å². The predicted octanol–water partition coefficient (Wildman–Crippen LogP) is 2.55. The fraction of sp³-hybridized carbons (Fsp3) is 0.312. The SMILES string of the molecule is Cc1[nH]ccc1C(=O)N1C[C@@H](O)C[C@H]1c1cc(F)ccc1F. The summed E-state index contributed by atoms with van der Waals surface area (Å²) >= 11 is 0. The first kappa shape index (κ1) is 14.7. The molecule has 2 heterocycles. The number of hydrogen-bond donors (Lipinski definition) is 2. The van der Waals surface area contributed by atoms with Gasteiger partial charge < -0.3 is 15.0 Å². The van der Waals surface area contributed by atoms with Crippen LogP contribution < -0.4 is 0 Å². The van der Waals surface area contributed by atoms with Gasteiger partial charge in [0.25, 0.3) is 5.91 Å². The van der Waals surface area contributed by atoms with Crippen LogP contribution in [0.1, 0.15) is 34.1 Å². The molecule has 1 fully saturated rings. The van der Waals surface area contributed by atoms with Gasteiger partial charge >= 0.3 is 0 Å². The number of amides is 1. The molecule has 3 rings (SSSR count). The van der Waals surface area contributed by atoms with Crippen LogP contribution in [0.25, 0.3) is 0 Å². The number of hydrogen-bond acceptors (Lipinski definition) is 2. The molecule has 0 unspecified atom stereocenters. The van der Waals surface area contributed by atoms with Gasteiger partial charge in [0.1, 0.15) is 11.6 Å². The number of aliphatic hydroxyl groups excluding tert-OH is 1. The van der Waals surface area contributed by atoms with Crippen molar-refractivity contribution in [1.82, 2.24) is 9.88 Å². The van der Waals surface area contributed by atoms with Crippen molar-refractivity contribution in [3.05, 3.63) is 58.9 Å². The second kappa shape index (κ2) is 5.53. The maximum Gasteiger partial charge on any atom is 0.256 e. The zero-order valence-electron chi connectivity index (χ0n) is 12.0. The van der Waals surface area contributed by atoms with Gasteiger partial charge in [0, 0.05) is 24.0 Å². The normalized spacial score (nSPS) is 21.4. The van der Waals surface area contributed by atoms with Gasteiger partial charge in [-0.05, 0) is 37.6 Å². The molecular weight excluding hydrogens is 290 g/mol. The third-order valence-corrected chi connectivity index (χ3v) is 4.04. The average Bonchev–Trinajstić information content (AvgIpc) is 3.07. The van der Waals surface area contributed by atoms with Gasteiger partial charge in [0.05, 0.1) is 17.7 Å². The summed E-state index contributed by atoms with van der Waals surface area (Å²) in [5.41, 5.74) is 1.26. The Morgan fingerprint density at radius 1 is 1.36 bits per heavy atom. The van der Waals surface area contributed by atoms with Crippen LogP contribution in [0, 0.1) is 18.6 Å². The topological polar surface area (TPSA) is 56.3 Å². The fourth-order valence-corrected chi connectivity index (χ4v) is 2.94. The Morgan fingerprint density at radius 2 is 2.14 bits per heavy atom. The number of nitrogens with one attached hydrogen (secondary N) is 1. The van der Waals surface area contributed by atoms with E-state index in [-0.39, 0.29) is 24.4 Å². The quantitative estimate of drug-likeness (QED) is 0.896. The molecule has 4 nitrogen and oxygen atoms in total. The summed E-state index contributed by atoms with van der Waals surface area (Å²) in [5.74, 6) is -1.45. The number of carbonyl (C=O) groups is 1. The molecule has 1 aliphatic heterocycles. The van der Waals surface area contributed by atoms with Gasteiger partial charge in [-0.1, -0.05) is 0 Å². The van der Waals surface area contributed by atoms with Gasteiger partial charge in [-0.25, -0.2) is 8.78 Å². The number of aromatic nitrogens is 1. The molecule has 1 amide bonds. The number of benzene rings is 1. The number of aromatic amines is 1. The minimum Gasteiger partial charge on any atom is -0.391 e. The molecular formula is C16H16F2N2O2. The third-order valence-electron chi connectivity index (χ3n) is 4.04. The highest BCUT2D eigenvalue weighted by atomic mass is 19.1. The number of carbonyl (C=O) groups excluding carboxylic acids is 1. The van der Waals surface area contributed by atoms with E-state index in [9.17, 15) is 18.7 Å². The lowest BCUT2D eigenvalue weighted by Crippen LogP contribution is -2.32. The van der Waals surface area contributed by atoms with Crippen LogP contribution in [0.5, 0.6) is 0 Å². The first-order valence-electron chi connectivity index (χ1n) is 7.05. The maximum atomic E-state index is 14.0. The lowest BCUT2D eigenvalue weighted by molar-refractivity contribution is 0.0713. The van der Waals surface area contributed by atoms with E-state index in [4.69, 9.17) is 0 Å². The van der Waals surface area contributed by atoms with E-state index < -0.39 is 23.8 Å². The Bertz CT molecular complexity index is 714. The molecule has 1 aromatic carbocycles. The third kappa shape index (κ3) is 2.50. The Hall–Kier alpha value is -2.21.